The lowest BCUT2D eigenvalue weighted by Gasteiger charge is -2.06. The molecule has 100 valence electrons. The molecule has 0 bridgehead atoms. The third kappa shape index (κ3) is 2.44. The number of nitro groups is 1. The van der Waals surface area contributed by atoms with Crippen LogP contribution in [0.3, 0.4) is 0 Å². The summed E-state index contributed by atoms with van der Waals surface area (Å²) in [5.41, 5.74) is 1.18. The Morgan fingerprint density at radius 2 is 2.05 bits per heavy atom. The van der Waals surface area contributed by atoms with E-state index in [0.717, 1.165) is 5.69 Å². The molecule has 2 rings (SSSR count). The van der Waals surface area contributed by atoms with E-state index >= 15 is 0 Å². The van der Waals surface area contributed by atoms with Gasteiger partial charge in [-0.05, 0) is 6.92 Å². The highest BCUT2D eigenvalue weighted by atomic mass is 16.6. The number of nitrogens with one attached hydrogen (secondary N) is 2. The lowest BCUT2D eigenvalue weighted by molar-refractivity contribution is -0.383. The van der Waals surface area contributed by atoms with E-state index in [9.17, 15) is 10.1 Å². The van der Waals surface area contributed by atoms with E-state index < -0.39 is 4.92 Å². The summed E-state index contributed by atoms with van der Waals surface area (Å²) in [6, 6.07) is 0. The van der Waals surface area contributed by atoms with Crippen LogP contribution in [0.1, 0.15) is 5.69 Å². The summed E-state index contributed by atoms with van der Waals surface area (Å²) in [6.45, 7) is 1.80. The summed E-state index contributed by atoms with van der Waals surface area (Å²) in [6.07, 6.45) is 2.98. The van der Waals surface area contributed by atoms with Crippen molar-refractivity contribution in [3.63, 3.8) is 0 Å². The fraction of sp³-hybridized carbons (Fsp3) is 0.300. The Morgan fingerprint density at radius 1 is 1.37 bits per heavy atom. The lowest BCUT2D eigenvalue weighted by Crippen LogP contribution is -2.05. The number of rotatable bonds is 4. The van der Waals surface area contributed by atoms with Crippen molar-refractivity contribution in [2.45, 2.75) is 6.92 Å². The second kappa shape index (κ2) is 4.88. The van der Waals surface area contributed by atoms with E-state index in [0.29, 0.717) is 5.69 Å². The van der Waals surface area contributed by atoms with Crippen molar-refractivity contribution in [1.29, 1.82) is 0 Å². The van der Waals surface area contributed by atoms with E-state index in [2.05, 4.69) is 25.7 Å². The summed E-state index contributed by atoms with van der Waals surface area (Å²) in [4.78, 5) is 18.3. The van der Waals surface area contributed by atoms with Gasteiger partial charge in [0.05, 0.1) is 16.3 Å². The van der Waals surface area contributed by atoms with Crippen LogP contribution >= 0.6 is 0 Å². The maximum Gasteiger partial charge on any atom is 0.353 e. The zero-order valence-corrected chi connectivity index (χ0v) is 10.7. The monoisotopic (exact) mass is 263 g/mol. The molecular weight excluding hydrogens is 250 g/mol. The summed E-state index contributed by atoms with van der Waals surface area (Å²) in [7, 11) is 3.33. The Morgan fingerprint density at radius 3 is 2.58 bits per heavy atom. The molecule has 0 radical (unpaired) electrons. The molecule has 2 aromatic heterocycles. The van der Waals surface area contributed by atoms with E-state index in [1.807, 2.05) is 0 Å². The predicted octanol–water partition coefficient (Wildman–Crippen LogP) is 1.21. The van der Waals surface area contributed by atoms with Gasteiger partial charge in [0.15, 0.2) is 0 Å². The number of hydrogen-bond acceptors (Lipinski definition) is 7. The Bertz CT molecular complexity index is 622. The Balaban J connectivity index is 2.45. The molecular formula is C10H13N7O2. The molecule has 0 aliphatic carbocycles. The molecule has 0 aliphatic rings. The molecule has 2 N–H and O–H groups in total. The standard InChI is InChI=1S/C10H13N7O2/c1-6-7(4-16(3)15-6)14-10-8(17(18)19)9(11-2)12-5-13-10/h4-5H,1-3H3,(H2,11,12,13,14). The molecule has 19 heavy (non-hydrogen) atoms. The Labute approximate surface area is 108 Å². The SMILES string of the molecule is CNc1ncnc(Nc2cn(C)nc2C)c1[N+](=O)[O-]. The van der Waals surface area contributed by atoms with E-state index in [1.54, 1.807) is 31.9 Å². The van der Waals surface area contributed by atoms with Gasteiger partial charge in [-0.15, -0.1) is 0 Å². The molecule has 0 spiro atoms. The van der Waals surface area contributed by atoms with Gasteiger partial charge in [-0.3, -0.25) is 14.8 Å². The third-order valence-corrected chi connectivity index (χ3v) is 2.51. The second-order valence-corrected chi connectivity index (χ2v) is 3.85. The van der Waals surface area contributed by atoms with Gasteiger partial charge in [0, 0.05) is 20.3 Å². The molecule has 0 aliphatic heterocycles. The van der Waals surface area contributed by atoms with Crippen molar-refractivity contribution in [1.82, 2.24) is 19.7 Å². The van der Waals surface area contributed by atoms with Crippen LogP contribution < -0.4 is 10.6 Å². The van der Waals surface area contributed by atoms with Crippen LogP contribution in [-0.4, -0.2) is 31.7 Å². The van der Waals surface area contributed by atoms with Crippen LogP contribution in [0, 0.1) is 17.0 Å². The second-order valence-electron chi connectivity index (χ2n) is 3.85. The fourth-order valence-electron chi connectivity index (χ4n) is 1.68. The van der Waals surface area contributed by atoms with Crippen molar-refractivity contribution < 1.29 is 4.92 Å². The minimum Gasteiger partial charge on any atom is -0.367 e. The molecule has 0 saturated heterocycles. The van der Waals surface area contributed by atoms with E-state index in [-0.39, 0.29) is 17.3 Å². The first-order valence-corrected chi connectivity index (χ1v) is 5.47. The van der Waals surface area contributed by atoms with Crippen LogP contribution in [-0.2, 0) is 7.05 Å². The van der Waals surface area contributed by atoms with Crippen molar-refractivity contribution in [3.05, 3.63) is 28.3 Å². The normalized spacial score (nSPS) is 10.3. The number of aromatic nitrogens is 4. The molecule has 0 aromatic carbocycles. The quantitative estimate of drug-likeness (QED) is 0.630. The predicted molar refractivity (Wildman–Crippen MR) is 69.5 cm³/mol. The van der Waals surface area contributed by atoms with Crippen molar-refractivity contribution in [2.24, 2.45) is 7.05 Å². The van der Waals surface area contributed by atoms with Crippen LogP contribution in [0.15, 0.2) is 12.5 Å². The molecule has 0 amide bonds. The van der Waals surface area contributed by atoms with Gasteiger partial charge >= 0.3 is 5.69 Å². The summed E-state index contributed by atoms with van der Waals surface area (Å²) in [5, 5.41) is 20.8. The highest BCUT2D eigenvalue weighted by Gasteiger charge is 2.22. The molecule has 2 aromatic rings. The van der Waals surface area contributed by atoms with Crippen molar-refractivity contribution in [2.75, 3.05) is 17.7 Å². The molecule has 0 unspecified atom stereocenters. The van der Waals surface area contributed by atoms with Gasteiger partial charge in [0.2, 0.25) is 11.6 Å². The molecule has 9 nitrogen and oxygen atoms in total. The van der Waals surface area contributed by atoms with Crippen LogP contribution in [0.2, 0.25) is 0 Å². The summed E-state index contributed by atoms with van der Waals surface area (Å²) in [5.74, 6) is 0.282. The third-order valence-electron chi connectivity index (χ3n) is 2.51. The van der Waals surface area contributed by atoms with Gasteiger partial charge in [0.25, 0.3) is 0 Å². The number of nitrogens with zero attached hydrogens (tertiary/aromatic N) is 5. The zero-order chi connectivity index (χ0) is 14.0. The largest absolute Gasteiger partial charge is 0.367 e. The smallest absolute Gasteiger partial charge is 0.353 e. The van der Waals surface area contributed by atoms with Gasteiger partial charge < -0.3 is 10.6 Å². The first-order valence-electron chi connectivity index (χ1n) is 5.47. The van der Waals surface area contributed by atoms with Gasteiger partial charge in [0.1, 0.15) is 6.33 Å². The highest BCUT2D eigenvalue weighted by Crippen LogP contribution is 2.31. The maximum atomic E-state index is 11.1. The first kappa shape index (κ1) is 12.7. The average Bonchev–Trinajstić information content (AvgIpc) is 2.67. The number of anilines is 3. The van der Waals surface area contributed by atoms with Gasteiger partial charge in [-0.1, -0.05) is 0 Å². The van der Waals surface area contributed by atoms with Crippen LogP contribution in [0.4, 0.5) is 23.0 Å². The maximum absolute atomic E-state index is 11.1. The Hall–Kier alpha value is -2.71. The summed E-state index contributed by atoms with van der Waals surface area (Å²) < 4.78 is 1.61. The first-order chi connectivity index (χ1) is 9.02. The molecule has 0 fully saturated rings. The van der Waals surface area contributed by atoms with E-state index in [4.69, 9.17) is 0 Å². The molecule has 9 heteroatoms. The molecule has 0 atom stereocenters. The molecule has 0 saturated carbocycles. The zero-order valence-electron chi connectivity index (χ0n) is 10.7. The lowest BCUT2D eigenvalue weighted by atomic mass is 10.3. The minimum absolute atomic E-state index is 0.125. The van der Waals surface area contributed by atoms with Crippen molar-refractivity contribution in [3.8, 4) is 0 Å². The van der Waals surface area contributed by atoms with Gasteiger partial charge in [-0.25, -0.2) is 9.97 Å². The number of aryl methyl sites for hydroxylation is 2. The highest BCUT2D eigenvalue weighted by molar-refractivity contribution is 5.73. The summed E-state index contributed by atoms with van der Waals surface area (Å²) >= 11 is 0. The van der Waals surface area contributed by atoms with Crippen molar-refractivity contribution >= 4 is 23.0 Å². The van der Waals surface area contributed by atoms with Crippen LogP contribution in [0.5, 0.6) is 0 Å². The average molecular weight is 263 g/mol. The minimum atomic E-state index is -0.528. The van der Waals surface area contributed by atoms with E-state index in [1.165, 1.54) is 6.33 Å². The van der Waals surface area contributed by atoms with Crippen LogP contribution in [0.25, 0.3) is 0 Å². The van der Waals surface area contributed by atoms with Gasteiger partial charge in [-0.2, -0.15) is 5.10 Å². The molecule has 2 heterocycles. The Kier molecular flexibility index (Phi) is 3.27. The number of hydrogen-bond donors (Lipinski definition) is 2. The topological polar surface area (TPSA) is 111 Å². The fourth-order valence-corrected chi connectivity index (χ4v) is 1.68.